The van der Waals surface area contributed by atoms with Crippen molar-refractivity contribution in [2.75, 3.05) is 20.3 Å². The number of nitrogens with zero attached hydrogens (tertiary/aromatic N) is 2. The summed E-state index contributed by atoms with van der Waals surface area (Å²) in [6.07, 6.45) is 10.6. The molecule has 0 atom stereocenters. The number of hydrogen-bond acceptors (Lipinski definition) is 3. The van der Waals surface area contributed by atoms with Gasteiger partial charge in [-0.25, -0.2) is 4.98 Å². The average molecular weight is 293 g/mol. The number of carbonyl (C=O) groups excluding carboxylic acids is 1. The lowest BCUT2D eigenvalue weighted by atomic mass is 10.1. The molecule has 1 amide bonds. The Bertz CT molecular complexity index is 448. The Balaban J connectivity index is 1.95. The van der Waals surface area contributed by atoms with Crippen LogP contribution < -0.4 is 5.32 Å². The summed E-state index contributed by atoms with van der Waals surface area (Å²) in [5.41, 5.74) is 1.24. The van der Waals surface area contributed by atoms with Crippen LogP contribution in [0.15, 0.2) is 6.20 Å². The summed E-state index contributed by atoms with van der Waals surface area (Å²) < 4.78 is 7.21. The predicted molar refractivity (Wildman–Crippen MR) is 82.3 cm³/mol. The minimum atomic E-state index is -0.0678. The van der Waals surface area contributed by atoms with Crippen LogP contribution in [0.2, 0.25) is 0 Å². The van der Waals surface area contributed by atoms with E-state index in [0.29, 0.717) is 12.6 Å². The first-order chi connectivity index (χ1) is 10.2. The van der Waals surface area contributed by atoms with Gasteiger partial charge in [0.25, 0.3) is 0 Å². The molecule has 0 saturated heterocycles. The van der Waals surface area contributed by atoms with Gasteiger partial charge in [0.05, 0.1) is 0 Å². The van der Waals surface area contributed by atoms with Gasteiger partial charge in [-0.2, -0.15) is 0 Å². The van der Waals surface area contributed by atoms with Crippen molar-refractivity contribution in [2.24, 2.45) is 0 Å². The van der Waals surface area contributed by atoms with E-state index in [1.54, 1.807) is 0 Å². The highest BCUT2D eigenvalue weighted by Gasteiger charge is 2.18. The van der Waals surface area contributed by atoms with Crippen molar-refractivity contribution in [3.05, 3.63) is 17.7 Å². The number of imidazole rings is 1. The van der Waals surface area contributed by atoms with Gasteiger partial charge in [0.15, 0.2) is 0 Å². The van der Waals surface area contributed by atoms with Crippen LogP contribution in [-0.4, -0.2) is 35.7 Å². The maximum absolute atomic E-state index is 11.4. The van der Waals surface area contributed by atoms with Gasteiger partial charge in [0, 0.05) is 38.0 Å². The van der Waals surface area contributed by atoms with Crippen molar-refractivity contribution < 1.29 is 9.53 Å². The third-order valence-corrected chi connectivity index (χ3v) is 4.19. The largest absolute Gasteiger partial charge is 0.375 e. The van der Waals surface area contributed by atoms with Crippen molar-refractivity contribution in [3.8, 4) is 0 Å². The second kappa shape index (κ2) is 8.17. The van der Waals surface area contributed by atoms with E-state index in [4.69, 9.17) is 4.74 Å². The average Bonchev–Trinajstić information content (AvgIpc) is 2.67. The van der Waals surface area contributed by atoms with Gasteiger partial charge in [-0.1, -0.05) is 25.7 Å². The Morgan fingerprint density at radius 3 is 2.76 bits per heavy atom. The lowest BCUT2D eigenvalue weighted by Gasteiger charge is -2.21. The number of amides is 1. The molecule has 5 heteroatoms. The Kier molecular flexibility index (Phi) is 6.23. The lowest BCUT2D eigenvalue weighted by Crippen LogP contribution is -2.29. The van der Waals surface area contributed by atoms with E-state index in [-0.39, 0.29) is 12.5 Å². The third kappa shape index (κ3) is 4.56. The maximum atomic E-state index is 11.4. The van der Waals surface area contributed by atoms with Gasteiger partial charge in [-0.3, -0.25) is 4.79 Å². The van der Waals surface area contributed by atoms with Crippen molar-refractivity contribution in [1.82, 2.24) is 14.9 Å². The molecular formula is C16H27N3O2. The molecule has 0 radical (unpaired) electrons. The van der Waals surface area contributed by atoms with Crippen LogP contribution in [0.4, 0.5) is 0 Å². The Labute approximate surface area is 127 Å². The molecule has 1 aromatic rings. The second-order valence-electron chi connectivity index (χ2n) is 5.86. The molecule has 1 aliphatic carbocycles. The van der Waals surface area contributed by atoms with Crippen LogP contribution in [-0.2, 0) is 16.0 Å². The number of methoxy groups -OCH3 is 1. The highest BCUT2D eigenvalue weighted by molar-refractivity contribution is 5.77. The summed E-state index contributed by atoms with van der Waals surface area (Å²) in [5.74, 6) is 1.03. The summed E-state index contributed by atoms with van der Waals surface area (Å²) in [6, 6.07) is 0.583. The zero-order valence-corrected chi connectivity index (χ0v) is 13.2. The number of carbonyl (C=O) groups is 1. The first-order valence-electron chi connectivity index (χ1n) is 8.00. The summed E-state index contributed by atoms with van der Waals surface area (Å²) in [4.78, 5) is 16.0. The standard InChI is InChI=1S/C16H27N3O2/c1-13-11-18-15(9-10-17-16(20)12-21-2)19(13)14-7-5-3-4-6-8-14/h11,14H,3-10,12H2,1-2H3,(H,17,20). The number of hydrogen-bond donors (Lipinski definition) is 1. The number of nitrogens with one attached hydrogen (secondary N) is 1. The molecule has 21 heavy (non-hydrogen) atoms. The van der Waals surface area contributed by atoms with Crippen molar-refractivity contribution in [1.29, 1.82) is 0 Å². The molecule has 1 fully saturated rings. The summed E-state index contributed by atoms with van der Waals surface area (Å²) >= 11 is 0. The Hall–Kier alpha value is -1.36. The molecule has 1 aromatic heterocycles. The SMILES string of the molecule is COCC(=O)NCCc1ncc(C)n1C1CCCCCC1. The van der Waals surface area contributed by atoms with Crippen LogP contribution in [0, 0.1) is 6.92 Å². The number of ether oxygens (including phenoxy) is 1. The zero-order valence-electron chi connectivity index (χ0n) is 13.2. The topological polar surface area (TPSA) is 56.1 Å². The fraction of sp³-hybridized carbons (Fsp3) is 0.750. The molecule has 0 spiro atoms. The first kappa shape index (κ1) is 16.0. The van der Waals surface area contributed by atoms with Crippen molar-refractivity contribution in [2.45, 2.75) is 57.9 Å². The van der Waals surface area contributed by atoms with Gasteiger partial charge >= 0.3 is 0 Å². The highest BCUT2D eigenvalue weighted by Crippen LogP contribution is 2.29. The number of aromatic nitrogens is 2. The van der Waals surface area contributed by atoms with Crippen LogP contribution in [0.5, 0.6) is 0 Å². The molecule has 0 aromatic carbocycles. The molecule has 2 rings (SSSR count). The van der Waals surface area contributed by atoms with Crippen molar-refractivity contribution >= 4 is 5.91 Å². The summed E-state index contributed by atoms with van der Waals surface area (Å²) in [7, 11) is 1.53. The van der Waals surface area contributed by atoms with E-state index in [1.165, 1.54) is 51.3 Å². The van der Waals surface area contributed by atoms with Crippen LogP contribution >= 0.6 is 0 Å². The van der Waals surface area contributed by atoms with Gasteiger partial charge in [0.1, 0.15) is 12.4 Å². The van der Waals surface area contributed by atoms with E-state index in [9.17, 15) is 4.79 Å². The predicted octanol–water partition coefficient (Wildman–Crippen LogP) is 2.39. The van der Waals surface area contributed by atoms with E-state index >= 15 is 0 Å². The molecule has 118 valence electrons. The van der Waals surface area contributed by atoms with E-state index in [2.05, 4.69) is 21.8 Å². The Morgan fingerprint density at radius 1 is 1.38 bits per heavy atom. The van der Waals surface area contributed by atoms with Crippen LogP contribution in [0.25, 0.3) is 0 Å². The monoisotopic (exact) mass is 293 g/mol. The molecule has 0 unspecified atom stereocenters. The summed E-state index contributed by atoms with van der Waals surface area (Å²) in [6.45, 7) is 2.87. The van der Waals surface area contributed by atoms with Crippen molar-refractivity contribution in [3.63, 3.8) is 0 Å². The fourth-order valence-electron chi connectivity index (χ4n) is 3.19. The van der Waals surface area contributed by atoms with Gasteiger partial charge in [-0.15, -0.1) is 0 Å². The minimum absolute atomic E-state index is 0.0678. The molecule has 1 aliphatic rings. The van der Waals surface area contributed by atoms with Gasteiger partial charge in [-0.05, 0) is 19.8 Å². The molecule has 0 bridgehead atoms. The van der Waals surface area contributed by atoms with E-state index in [1.807, 2.05) is 6.20 Å². The molecule has 1 N–H and O–H groups in total. The number of rotatable bonds is 6. The maximum Gasteiger partial charge on any atom is 0.245 e. The minimum Gasteiger partial charge on any atom is -0.375 e. The van der Waals surface area contributed by atoms with Gasteiger partial charge in [0.2, 0.25) is 5.91 Å². The molecular weight excluding hydrogens is 266 g/mol. The zero-order chi connectivity index (χ0) is 15.1. The normalized spacial score (nSPS) is 16.7. The lowest BCUT2D eigenvalue weighted by molar-refractivity contribution is -0.124. The van der Waals surface area contributed by atoms with Crippen LogP contribution in [0.1, 0.15) is 56.1 Å². The number of aryl methyl sites for hydroxylation is 1. The van der Waals surface area contributed by atoms with Gasteiger partial charge < -0.3 is 14.6 Å². The molecule has 1 saturated carbocycles. The second-order valence-corrected chi connectivity index (χ2v) is 5.86. The quantitative estimate of drug-likeness (QED) is 0.819. The third-order valence-electron chi connectivity index (χ3n) is 4.19. The molecule has 0 aliphatic heterocycles. The van der Waals surface area contributed by atoms with E-state index in [0.717, 1.165) is 12.2 Å². The molecule has 5 nitrogen and oxygen atoms in total. The fourth-order valence-corrected chi connectivity index (χ4v) is 3.19. The van der Waals surface area contributed by atoms with E-state index < -0.39 is 0 Å². The highest BCUT2D eigenvalue weighted by atomic mass is 16.5. The molecule has 1 heterocycles. The summed E-state index contributed by atoms with van der Waals surface area (Å²) in [5, 5.41) is 2.87. The smallest absolute Gasteiger partial charge is 0.245 e. The first-order valence-corrected chi connectivity index (χ1v) is 8.00. The Morgan fingerprint density at radius 2 is 2.10 bits per heavy atom. The van der Waals surface area contributed by atoms with Crippen LogP contribution in [0.3, 0.4) is 0 Å².